The maximum Gasteiger partial charge on any atom is 0.212 e. The van der Waals surface area contributed by atoms with E-state index in [0.29, 0.717) is 12.1 Å². The van der Waals surface area contributed by atoms with E-state index in [9.17, 15) is 4.39 Å². The molecule has 0 aliphatic carbocycles. The van der Waals surface area contributed by atoms with Crippen LogP contribution in [0.15, 0.2) is 18.3 Å². The normalized spacial score (nSPS) is 29.5. The minimum Gasteiger partial charge on any atom is -0.364 e. The van der Waals surface area contributed by atoms with Gasteiger partial charge in [0.25, 0.3) is 0 Å². The zero-order valence-electron chi connectivity index (χ0n) is 8.49. The van der Waals surface area contributed by atoms with Crippen LogP contribution in [0, 0.1) is 5.95 Å². The molecule has 0 aromatic carbocycles. The molecule has 0 amide bonds. The van der Waals surface area contributed by atoms with E-state index in [1.54, 1.807) is 6.20 Å². The van der Waals surface area contributed by atoms with Crippen molar-refractivity contribution < 1.29 is 4.39 Å². The topological polar surface area (TPSA) is 28.2 Å². The summed E-state index contributed by atoms with van der Waals surface area (Å²) >= 11 is 0. The third kappa shape index (κ3) is 1.59. The molecule has 4 heteroatoms. The number of fused-ring (bicyclic) bond motifs is 3. The first-order valence-corrected chi connectivity index (χ1v) is 5.44. The Hall–Kier alpha value is -1.16. The molecule has 80 valence electrons. The van der Waals surface area contributed by atoms with Crippen molar-refractivity contribution in [1.82, 2.24) is 10.3 Å². The summed E-state index contributed by atoms with van der Waals surface area (Å²) in [5.74, 6) is -0.404. The number of nitrogens with zero attached hydrogens (tertiary/aromatic N) is 2. The van der Waals surface area contributed by atoms with Crippen LogP contribution >= 0.6 is 0 Å². The summed E-state index contributed by atoms with van der Waals surface area (Å²) in [6.45, 7) is 2.07. The van der Waals surface area contributed by atoms with Crippen molar-refractivity contribution in [2.24, 2.45) is 0 Å². The lowest BCUT2D eigenvalue weighted by molar-refractivity contribution is 0.290. The van der Waals surface area contributed by atoms with Gasteiger partial charge in [0.1, 0.15) is 0 Å². The second kappa shape index (κ2) is 3.45. The molecule has 1 N–H and O–H groups in total. The summed E-state index contributed by atoms with van der Waals surface area (Å²) in [5, 5.41) is 3.49. The Labute approximate surface area is 88.3 Å². The van der Waals surface area contributed by atoms with Crippen LogP contribution in [-0.2, 0) is 0 Å². The van der Waals surface area contributed by atoms with Crippen LogP contribution in [0.2, 0.25) is 0 Å². The van der Waals surface area contributed by atoms with E-state index in [0.717, 1.165) is 18.8 Å². The third-order valence-electron chi connectivity index (χ3n) is 3.39. The minimum atomic E-state index is -0.404. The van der Waals surface area contributed by atoms with Gasteiger partial charge in [-0.3, -0.25) is 0 Å². The van der Waals surface area contributed by atoms with Crippen molar-refractivity contribution >= 4 is 5.69 Å². The lowest BCUT2D eigenvalue weighted by atomic mass is 9.93. The highest BCUT2D eigenvalue weighted by atomic mass is 19.1. The Morgan fingerprint density at radius 1 is 1.40 bits per heavy atom. The molecule has 2 atom stereocenters. The first-order valence-electron chi connectivity index (χ1n) is 5.44. The summed E-state index contributed by atoms with van der Waals surface area (Å²) in [7, 11) is 0. The Balaban J connectivity index is 1.85. The maximum absolute atomic E-state index is 12.7. The average molecular weight is 207 g/mol. The maximum atomic E-state index is 12.7. The van der Waals surface area contributed by atoms with Crippen LogP contribution in [0.1, 0.15) is 12.8 Å². The van der Waals surface area contributed by atoms with Gasteiger partial charge in [0, 0.05) is 25.2 Å². The van der Waals surface area contributed by atoms with Gasteiger partial charge < -0.3 is 10.2 Å². The summed E-state index contributed by atoms with van der Waals surface area (Å²) < 4.78 is 12.7. The monoisotopic (exact) mass is 207 g/mol. The number of aromatic nitrogens is 1. The fraction of sp³-hybridized carbons (Fsp3) is 0.545. The number of piperazine rings is 1. The van der Waals surface area contributed by atoms with Gasteiger partial charge in [-0.05, 0) is 25.0 Å². The summed E-state index contributed by atoms with van der Waals surface area (Å²) in [4.78, 5) is 6.05. The Morgan fingerprint density at radius 2 is 2.33 bits per heavy atom. The minimum absolute atomic E-state index is 0.404. The number of hydrogen-bond acceptors (Lipinski definition) is 3. The fourth-order valence-electron chi connectivity index (χ4n) is 2.56. The van der Waals surface area contributed by atoms with Crippen molar-refractivity contribution in [2.45, 2.75) is 24.9 Å². The molecule has 0 unspecified atom stereocenters. The number of nitrogens with one attached hydrogen (secondary N) is 1. The number of hydrogen-bond donors (Lipinski definition) is 1. The van der Waals surface area contributed by atoms with E-state index in [4.69, 9.17) is 0 Å². The van der Waals surface area contributed by atoms with Crippen LogP contribution in [0.4, 0.5) is 10.1 Å². The van der Waals surface area contributed by atoms with Gasteiger partial charge in [-0.1, -0.05) is 0 Å². The van der Waals surface area contributed by atoms with Gasteiger partial charge in [0.2, 0.25) is 5.95 Å². The van der Waals surface area contributed by atoms with Crippen molar-refractivity contribution in [3.63, 3.8) is 0 Å². The number of rotatable bonds is 1. The molecule has 4 heterocycles. The number of anilines is 1. The molecule has 1 aromatic heterocycles. The van der Waals surface area contributed by atoms with Crippen LogP contribution in [0.3, 0.4) is 0 Å². The Kier molecular flexibility index (Phi) is 2.09. The highest BCUT2D eigenvalue weighted by molar-refractivity contribution is 5.46. The molecule has 0 radical (unpaired) electrons. The molecule has 0 spiro atoms. The average Bonchev–Trinajstić information content (AvgIpc) is 2.31. The highest BCUT2D eigenvalue weighted by Gasteiger charge is 2.33. The molecule has 1 aromatic rings. The second-order valence-electron chi connectivity index (χ2n) is 4.33. The van der Waals surface area contributed by atoms with E-state index in [1.807, 2.05) is 6.07 Å². The quantitative estimate of drug-likeness (QED) is 0.700. The molecule has 3 aliphatic rings. The number of pyridine rings is 1. The van der Waals surface area contributed by atoms with E-state index in [2.05, 4.69) is 15.2 Å². The third-order valence-corrected chi connectivity index (χ3v) is 3.39. The molecule has 3 aliphatic heterocycles. The number of halogens is 1. The summed E-state index contributed by atoms with van der Waals surface area (Å²) in [5.41, 5.74) is 1.05. The van der Waals surface area contributed by atoms with Crippen LogP contribution < -0.4 is 10.2 Å². The lowest BCUT2D eigenvalue weighted by Crippen LogP contribution is -2.61. The predicted molar refractivity (Wildman–Crippen MR) is 56.4 cm³/mol. The zero-order valence-corrected chi connectivity index (χ0v) is 8.49. The van der Waals surface area contributed by atoms with E-state index >= 15 is 0 Å². The van der Waals surface area contributed by atoms with E-state index < -0.39 is 5.95 Å². The Morgan fingerprint density at radius 3 is 2.87 bits per heavy atom. The predicted octanol–water partition coefficient (Wildman–Crippen LogP) is 1.16. The molecule has 3 fully saturated rings. The smallest absolute Gasteiger partial charge is 0.212 e. The SMILES string of the molecule is Fc1ccc(N2C[C@@H]3CC[C@H]2CN3)cn1. The Bertz CT molecular complexity index is 343. The van der Waals surface area contributed by atoms with Gasteiger partial charge >= 0.3 is 0 Å². The molecule has 2 bridgehead atoms. The van der Waals surface area contributed by atoms with E-state index in [-0.39, 0.29) is 0 Å². The second-order valence-corrected chi connectivity index (χ2v) is 4.33. The molecular weight excluding hydrogens is 193 g/mol. The van der Waals surface area contributed by atoms with Crippen molar-refractivity contribution in [3.05, 3.63) is 24.3 Å². The van der Waals surface area contributed by atoms with Gasteiger partial charge in [-0.25, -0.2) is 4.98 Å². The van der Waals surface area contributed by atoms with Gasteiger partial charge in [-0.15, -0.1) is 0 Å². The standard InChI is InChI=1S/C11H14FN3/c12-11-4-3-10(6-14-11)15-7-8-1-2-9(15)5-13-8/h3-4,6,8-9,13H,1-2,5,7H2/t8-,9-/m0/s1. The molecule has 3 nitrogen and oxygen atoms in total. The summed E-state index contributed by atoms with van der Waals surface area (Å²) in [6.07, 6.45) is 4.13. The molecule has 3 saturated heterocycles. The zero-order chi connectivity index (χ0) is 10.3. The lowest BCUT2D eigenvalue weighted by Gasteiger charge is -2.47. The van der Waals surface area contributed by atoms with Crippen LogP contribution in [-0.4, -0.2) is 30.2 Å². The molecular formula is C11H14FN3. The summed E-state index contributed by atoms with van der Waals surface area (Å²) in [6, 6.07) is 4.41. The molecule has 0 saturated carbocycles. The largest absolute Gasteiger partial charge is 0.364 e. The first kappa shape index (κ1) is 9.09. The fourth-order valence-corrected chi connectivity index (χ4v) is 2.56. The van der Waals surface area contributed by atoms with Crippen molar-refractivity contribution in [3.8, 4) is 0 Å². The van der Waals surface area contributed by atoms with Gasteiger partial charge in [0.05, 0.1) is 11.9 Å². The first-order chi connectivity index (χ1) is 7.33. The highest BCUT2D eigenvalue weighted by Crippen LogP contribution is 2.27. The molecule has 15 heavy (non-hydrogen) atoms. The van der Waals surface area contributed by atoms with Gasteiger partial charge in [0.15, 0.2) is 0 Å². The number of piperidine rings is 2. The van der Waals surface area contributed by atoms with Gasteiger partial charge in [-0.2, -0.15) is 4.39 Å². The van der Waals surface area contributed by atoms with Crippen molar-refractivity contribution in [2.75, 3.05) is 18.0 Å². The van der Waals surface area contributed by atoms with E-state index in [1.165, 1.54) is 18.9 Å². The molecule has 4 rings (SSSR count). The van der Waals surface area contributed by atoms with Crippen LogP contribution in [0.25, 0.3) is 0 Å². The van der Waals surface area contributed by atoms with Crippen molar-refractivity contribution in [1.29, 1.82) is 0 Å². The van der Waals surface area contributed by atoms with Crippen LogP contribution in [0.5, 0.6) is 0 Å².